The molecule has 3 rings (SSSR count). The summed E-state index contributed by atoms with van der Waals surface area (Å²) in [7, 11) is 0. The predicted octanol–water partition coefficient (Wildman–Crippen LogP) is 3.95. The fourth-order valence-electron chi connectivity index (χ4n) is 2.84. The first-order valence-corrected chi connectivity index (χ1v) is 11.7. The number of benzene rings is 1. The van der Waals surface area contributed by atoms with E-state index in [9.17, 15) is 9.59 Å². The molecule has 2 N–H and O–H groups in total. The van der Waals surface area contributed by atoms with Crippen molar-refractivity contribution in [2.45, 2.75) is 31.7 Å². The number of hydrogen-bond donors (Lipinski definition) is 2. The number of hydrogen-bond acceptors (Lipinski definition) is 7. The Labute approximate surface area is 183 Å². The van der Waals surface area contributed by atoms with Crippen LogP contribution in [0, 0.1) is 0 Å². The zero-order chi connectivity index (χ0) is 21.6. The molecule has 2 heterocycles. The van der Waals surface area contributed by atoms with E-state index in [1.54, 1.807) is 23.9 Å². The van der Waals surface area contributed by atoms with E-state index in [1.807, 2.05) is 36.6 Å². The van der Waals surface area contributed by atoms with Gasteiger partial charge in [-0.1, -0.05) is 41.7 Å². The molecular formula is C21H24N4O3S2. The van der Waals surface area contributed by atoms with Gasteiger partial charge < -0.3 is 9.73 Å². The third-order valence-corrected chi connectivity index (χ3v) is 6.47. The van der Waals surface area contributed by atoms with Crippen LogP contribution in [0.25, 0.3) is 0 Å². The Kier molecular flexibility index (Phi) is 7.28. The minimum absolute atomic E-state index is 0.166. The maximum atomic E-state index is 12.8. The van der Waals surface area contributed by atoms with Crippen LogP contribution in [0.5, 0.6) is 0 Å². The number of aromatic nitrogens is 2. The van der Waals surface area contributed by atoms with Gasteiger partial charge in [-0.2, -0.15) is 11.8 Å². The van der Waals surface area contributed by atoms with E-state index >= 15 is 0 Å². The van der Waals surface area contributed by atoms with Crippen LogP contribution in [-0.4, -0.2) is 40.1 Å². The van der Waals surface area contributed by atoms with Crippen molar-refractivity contribution in [3.8, 4) is 0 Å². The molecule has 2 amide bonds. The van der Waals surface area contributed by atoms with Crippen LogP contribution < -0.4 is 10.6 Å². The number of thioether (sulfide) groups is 1. The third-order valence-electron chi connectivity index (χ3n) is 4.66. The smallest absolute Gasteiger partial charge is 0.287 e. The average Bonchev–Trinajstić information content (AvgIpc) is 3.44. The molecule has 2 aromatic heterocycles. The van der Waals surface area contributed by atoms with Crippen molar-refractivity contribution < 1.29 is 14.0 Å². The summed E-state index contributed by atoms with van der Waals surface area (Å²) in [5.41, 5.74) is 0.774. The summed E-state index contributed by atoms with van der Waals surface area (Å²) < 4.78 is 5.11. The molecule has 1 unspecified atom stereocenters. The Morgan fingerprint density at radius 3 is 2.60 bits per heavy atom. The predicted molar refractivity (Wildman–Crippen MR) is 120 cm³/mol. The van der Waals surface area contributed by atoms with Crippen molar-refractivity contribution in [3.63, 3.8) is 0 Å². The molecule has 0 radical (unpaired) electrons. The molecular weight excluding hydrogens is 420 g/mol. The summed E-state index contributed by atoms with van der Waals surface area (Å²) in [6.45, 7) is 4.14. The number of anilines is 1. The van der Waals surface area contributed by atoms with Crippen molar-refractivity contribution in [2.24, 2.45) is 0 Å². The maximum absolute atomic E-state index is 12.8. The van der Waals surface area contributed by atoms with Crippen molar-refractivity contribution in [3.05, 3.63) is 65.1 Å². The number of rotatable bonds is 9. The van der Waals surface area contributed by atoms with Crippen LogP contribution in [-0.2, 0) is 10.2 Å². The van der Waals surface area contributed by atoms with Gasteiger partial charge in [0.15, 0.2) is 5.76 Å². The SMILES string of the molecule is CSCCC(NC(=O)c1ccco1)C(=O)Nc1nnc(C(C)(C)c2ccccc2)s1. The molecule has 1 aromatic carbocycles. The van der Waals surface area contributed by atoms with Gasteiger partial charge in [-0.15, -0.1) is 10.2 Å². The quantitative estimate of drug-likeness (QED) is 0.519. The Morgan fingerprint density at radius 1 is 1.17 bits per heavy atom. The van der Waals surface area contributed by atoms with E-state index in [2.05, 4.69) is 34.7 Å². The summed E-state index contributed by atoms with van der Waals surface area (Å²) in [4.78, 5) is 25.1. The number of amides is 2. The lowest BCUT2D eigenvalue weighted by Crippen LogP contribution is -2.44. The number of nitrogens with zero attached hydrogens (tertiary/aromatic N) is 2. The highest BCUT2D eigenvalue weighted by Gasteiger charge is 2.29. The highest BCUT2D eigenvalue weighted by atomic mass is 32.2. The second-order valence-corrected chi connectivity index (χ2v) is 9.14. The van der Waals surface area contributed by atoms with Gasteiger partial charge in [-0.25, -0.2) is 0 Å². The van der Waals surface area contributed by atoms with Gasteiger partial charge >= 0.3 is 0 Å². The molecule has 7 nitrogen and oxygen atoms in total. The topological polar surface area (TPSA) is 97.1 Å². The first-order valence-electron chi connectivity index (χ1n) is 9.45. The Balaban J connectivity index is 1.70. The summed E-state index contributed by atoms with van der Waals surface area (Å²) >= 11 is 2.93. The molecule has 0 saturated heterocycles. The monoisotopic (exact) mass is 444 g/mol. The normalized spacial score (nSPS) is 12.4. The Bertz CT molecular complexity index is 971. The van der Waals surface area contributed by atoms with Crippen LogP contribution in [0.3, 0.4) is 0 Å². The first kappa shape index (κ1) is 22.0. The second-order valence-electron chi connectivity index (χ2n) is 7.18. The van der Waals surface area contributed by atoms with Gasteiger partial charge in [-0.3, -0.25) is 14.9 Å². The van der Waals surface area contributed by atoms with Crippen LogP contribution in [0.4, 0.5) is 5.13 Å². The van der Waals surface area contributed by atoms with Crippen LogP contribution in [0.1, 0.15) is 41.4 Å². The maximum Gasteiger partial charge on any atom is 0.287 e. The molecule has 0 bridgehead atoms. The second kappa shape index (κ2) is 9.90. The zero-order valence-corrected chi connectivity index (χ0v) is 18.7. The van der Waals surface area contributed by atoms with Crippen molar-refractivity contribution in [2.75, 3.05) is 17.3 Å². The lowest BCUT2D eigenvalue weighted by atomic mass is 9.85. The first-order chi connectivity index (χ1) is 14.4. The fourth-order valence-corrected chi connectivity index (χ4v) is 4.18. The number of carbonyl (C=O) groups excluding carboxylic acids is 2. The van der Waals surface area contributed by atoms with Gasteiger partial charge in [0.25, 0.3) is 5.91 Å². The summed E-state index contributed by atoms with van der Waals surface area (Å²) in [5, 5.41) is 15.2. The van der Waals surface area contributed by atoms with Crippen LogP contribution in [0.2, 0.25) is 0 Å². The molecule has 9 heteroatoms. The lowest BCUT2D eigenvalue weighted by Gasteiger charge is -2.21. The molecule has 158 valence electrons. The van der Waals surface area contributed by atoms with Gasteiger partial charge in [-0.05, 0) is 50.0 Å². The number of furan rings is 1. The van der Waals surface area contributed by atoms with Crippen LogP contribution in [0.15, 0.2) is 53.1 Å². The summed E-state index contributed by atoms with van der Waals surface area (Å²) in [6, 6.07) is 12.5. The molecule has 0 spiro atoms. The van der Waals surface area contributed by atoms with Gasteiger partial charge in [0.2, 0.25) is 11.0 Å². The lowest BCUT2D eigenvalue weighted by molar-refractivity contribution is -0.118. The molecule has 3 aromatic rings. The molecule has 0 aliphatic carbocycles. The van der Waals surface area contributed by atoms with Crippen molar-refractivity contribution >= 4 is 40.0 Å². The fraction of sp³-hybridized carbons (Fsp3) is 0.333. The van der Waals surface area contributed by atoms with Gasteiger partial charge in [0, 0.05) is 5.41 Å². The molecule has 1 atom stereocenters. The van der Waals surface area contributed by atoms with Crippen LogP contribution >= 0.6 is 23.1 Å². The summed E-state index contributed by atoms with van der Waals surface area (Å²) in [5.74, 6) is 0.132. The average molecular weight is 445 g/mol. The van der Waals surface area contributed by atoms with E-state index in [4.69, 9.17) is 4.42 Å². The zero-order valence-electron chi connectivity index (χ0n) is 17.0. The number of nitrogens with one attached hydrogen (secondary N) is 2. The van der Waals surface area contributed by atoms with Crippen molar-refractivity contribution in [1.29, 1.82) is 0 Å². The van der Waals surface area contributed by atoms with E-state index in [0.717, 1.165) is 16.3 Å². The van der Waals surface area contributed by atoms with E-state index in [-0.39, 0.29) is 17.1 Å². The van der Waals surface area contributed by atoms with E-state index < -0.39 is 11.9 Å². The summed E-state index contributed by atoms with van der Waals surface area (Å²) in [6.07, 6.45) is 3.86. The molecule has 0 aliphatic rings. The van der Waals surface area contributed by atoms with Gasteiger partial charge in [0.05, 0.1) is 6.26 Å². The highest BCUT2D eigenvalue weighted by molar-refractivity contribution is 7.98. The Morgan fingerprint density at radius 2 is 1.93 bits per heavy atom. The standard InChI is InChI=1S/C21H24N4O3S2/c1-21(2,14-8-5-4-6-9-14)19-24-25-20(30-19)23-17(26)15(11-13-29-3)22-18(27)16-10-7-12-28-16/h4-10,12,15H,11,13H2,1-3H3,(H,22,27)(H,23,25,26). The molecule has 30 heavy (non-hydrogen) atoms. The van der Waals surface area contributed by atoms with E-state index in [1.165, 1.54) is 17.6 Å². The molecule has 0 saturated carbocycles. The largest absolute Gasteiger partial charge is 0.459 e. The highest BCUT2D eigenvalue weighted by Crippen LogP contribution is 2.34. The molecule has 0 aliphatic heterocycles. The van der Waals surface area contributed by atoms with E-state index in [0.29, 0.717) is 11.6 Å². The third kappa shape index (κ3) is 5.28. The van der Waals surface area contributed by atoms with Gasteiger partial charge in [0.1, 0.15) is 11.0 Å². The van der Waals surface area contributed by atoms with Crippen molar-refractivity contribution in [1.82, 2.24) is 15.5 Å². The number of carbonyl (C=O) groups is 2. The Hall–Kier alpha value is -2.65. The molecule has 0 fully saturated rings. The minimum atomic E-state index is -0.704. The minimum Gasteiger partial charge on any atom is -0.459 e.